The van der Waals surface area contributed by atoms with Crippen molar-refractivity contribution < 1.29 is 32.9 Å². The van der Waals surface area contributed by atoms with Crippen LogP contribution >= 0.6 is 22.9 Å². The first-order valence-corrected chi connectivity index (χ1v) is 16.9. The number of nitrogens with zero attached hydrogens (tertiary/aromatic N) is 4. The largest absolute Gasteiger partial charge is 0.496 e. The molecule has 0 radical (unpaired) electrons. The summed E-state index contributed by atoms with van der Waals surface area (Å²) < 4.78 is 47.7. The molecular formula is C36H35ClF2N4O5S. The second kappa shape index (κ2) is 15.0. The van der Waals surface area contributed by atoms with Crippen LogP contribution in [0, 0.1) is 18.6 Å². The number of para-hydroxylation sites is 1. The highest BCUT2D eigenvalue weighted by molar-refractivity contribution is 7.22. The number of halogens is 3. The van der Waals surface area contributed by atoms with Gasteiger partial charge in [-0.25, -0.2) is 23.5 Å². The van der Waals surface area contributed by atoms with Crippen molar-refractivity contribution in [1.82, 2.24) is 19.8 Å². The zero-order chi connectivity index (χ0) is 34.7. The fourth-order valence-electron chi connectivity index (χ4n) is 5.91. The SMILES string of the molecule is COc1ccccc1C[C@@H](Oc1ncnc2sc(-c3cccc(F)c3F)c(-c3ccc(OCCN4CCN(C)CC4)c(Cl)c3C)c12)C(=O)O. The van der Waals surface area contributed by atoms with Gasteiger partial charge in [-0.15, -0.1) is 11.3 Å². The average molecular weight is 709 g/mol. The van der Waals surface area contributed by atoms with Crippen molar-refractivity contribution in [2.75, 3.05) is 53.5 Å². The van der Waals surface area contributed by atoms with Crippen LogP contribution in [0.15, 0.2) is 60.9 Å². The van der Waals surface area contributed by atoms with Gasteiger partial charge in [-0.1, -0.05) is 48.0 Å². The lowest BCUT2D eigenvalue weighted by Gasteiger charge is -2.32. The number of carboxylic acid groups (broad SMARTS) is 1. The Morgan fingerprint density at radius 1 is 1.02 bits per heavy atom. The van der Waals surface area contributed by atoms with Gasteiger partial charge in [-0.2, -0.15) is 0 Å². The molecule has 5 aromatic rings. The number of benzene rings is 3. The second-order valence-electron chi connectivity index (χ2n) is 11.8. The van der Waals surface area contributed by atoms with Gasteiger partial charge in [0.25, 0.3) is 0 Å². The van der Waals surface area contributed by atoms with E-state index >= 15 is 4.39 Å². The molecule has 1 aliphatic heterocycles. The summed E-state index contributed by atoms with van der Waals surface area (Å²) in [6.07, 6.45) is -0.138. The molecule has 3 heterocycles. The number of thiophene rings is 1. The molecule has 0 saturated carbocycles. The molecule has 1 N–H and O–H groups in total. The summed E-state index contributed by atoms with van der Waals surface area (Å²) in [5.74, 6) is -2.28. The lowest BCUT2D eigenvalue weighted by Crippen LogP contribution is -2.45. The van der Waals surface area contributed by atoms with Gasteiger partial charge in [-0.3, -0.25) is 4.90 Å². The monoisotopic (exact) mass is 708 g/mol. The number of ether oxygens (including phenoxy) is 3. The van der Waals surface area contributed by atoms with Crippen molar-refractivity contribution in [1.29, 1.82) is 0 Å². The van der Waals surface area contributed by atoms with Crippen LogP contribution in [-0.2, 0) is 11.2 Å². The minimum atomic E-state index is -1.36. The van der Waals surface area contributed by atoms with E-state index in [9.17, 15) is 14.3 Å². The Kier molecular flexibility index (Phi) is 10.6. The number of aromatic nitrogens is 2. The van der Waals surface area contributed by atoms with E-state index in [1.165, 1.54) is 25.6 Å². The number of rotatable bonds is 12. The Balaban J connectivity index is 1.42. The first kappa shape index (κ1) is 34.5. The summed E-state index contributed by atoms with van der Waals surface area (Å²) in [6.45, 7) is 6.93. The van der Waals surface area contributed by atoms with E-state index in [1.807, 2.05) is 6.92 Å². The molecule has 0 spiro atoms. The van der Waals surface area contributed by atoms with E-state index in [2.05, 4.69) is 26.8 Å². The van der Waals surface area contributed by atoms with Gasteiger partial charge < -0.3 is 24.2 Å². The number of fused-ring (bicyclic) bond motifs is 1. The molecule has 256 valence electrons. The molecule has 2 aromatic heterocycles. The normalized spacial score (nSPS) is 14.6. The fraction of sp³-hybridized carbons (Fsp3) is 0.306. The van der Waals surface area contributed by atoms with E-state index < -0.39 is 23.7 Å². The number of methoxy groups -OCH3 is 1. The molecule has 1 atom stereocenters. The van der Waals surface area contributed by atoms with Gasteiger partial charge in [0.2, 0.25) is 12.0 Å². The van der Waals surface area contributed by atoms with Crippen LogP contribution in [-0.4, -0.2) is 90.4 Å². The smallest absolute Gasteiger partial charge is 0.345 e. The van der Waals surface area contributed by atoms with E-state index in [-0.39, 0.29) is 17.9 Å². The van der Waals surface area contributed by atoms with Gasteiger partial charge in [-0.05, 0) is 48.9 Å². The second-order valence-corrected chi connectivity index (χ2v) is 13.1. The maximum atomic E-state index is 15.4. The minimum Gasteiger partial charge on any atom is -0.496 e. The Morgan fingerprint density at radius 3 is 2.55 bits per heavy atom. The zero-order valence-electron chi connectivity index (χ0n) is 27.2. The summed E-state index contributed by atoms with van der Waals surface area (Å²) >= 11 is 8.03. The average Bonchev–Trinajstić information content (AvgIpc) is 3.48. The number of hydrogen-bond acceptors (Lipinski definition) is 9. The molecule has 13 heteroatoms. The van der Waals surface area contributed by atoms with Crippen LogP contribution in [0.25, 0.3) is 31.8 Å². The standard InChI is InChI=1S/C36H35ClF2N4O5S/c1-21-23(11-12-27(31(21)37)47-18-17-43-15-13-42(2)14-16-43)29-30-34(48-28(36(44)45)19-22-7-4-5-10-26(22)46-3)40-20-41-35(30)49-33(29)24-8-6-9-25(38)32(24)39/h4-12,20,28H,13-19H2,1-3H3,(H,44,45)/t28-/m1/s1. The quantitative estimate of drug-likeness (QED) is 0.147. The first-order chi connectivity index (χ1) is 23.7. The summed E-state index contributed by atoms with van der Waals surface area (Å²) in [4.78, 5) is 26.7. The third-order valence-electron chi connectivity index (χ3n) is 8.66. The van der Waals surface area contributed by atoms with Crippen molar-refractivity contribution in [2.45, 2.75) is 19.4 Å². The predicted molar refractivity (Wildman–Crippen MR) is 186 cm³/mol. The van der Waals surface area contributed by atoms with Crippen LogP contribution < -0.4 is 14.2 Å². The van der Waals surface area contributed by atoms with Crippen molar-refractivity contribution >= 4 is 39.1 Å². The van der Waals surface area contributed by atoms with Gasteiger partial charge in [0.05, 0.1) is 17.5 Å². The molecule has 0 aliphatic carbocycles. The van der Waals surface area contributed by atoms with Crippen LogP contribution in [0.1, 0.15) is 11.1 Å². The van der Waals surface area contributed by atoms with Crippen LogP contribution in [0.4, 0.5) is 8.78 Å². The summed E-state index contributed by atoms with van der Waals surface area (Å²) in [7, 11) is 3.61. The molecule has 1 saturated heterocycles. The van der Waals surface area contributed by atoms with E-state index in [0.29, 0.717) is 60.5 Å². The van der Waals surface area contributed by atoms with Gasteiger partial charge >= 0.3 is 5.97 Å². The van der Waals surface area contributed by atoms with Crippen LogP contribution in [0.3, 0.4) is 0 Å². The highest BCUT2D eigenvalue weighted by atomic mass is 35.5. The number of aliphatic carboxylic acids is 1. The van der Waals surface area contributed by atoms with Crippen molar-refractivity contribution in [2.24, 2.45) is 0 Å². The molecule has 6 rings (SSSR count). The molecule has 0 bridgehead atoms. The molecular weight excluding hydrogens is 674 g/mol. The molecule has 9 nitrogen and oxygen atoms in total. The molecule has 0 amide bonds. The highest BCUT2D eigenvalue weighted by Gasteiger charge is 2.29. The van der Waals surface area contributed by atoms with Crippen molar-refractivity contribution in [3.05, 3.63) is 88.7 Å². The Hall–Kier alpha value is -4.36. The minimum absolute atomic E-state index is 0.00998. The summed E-state index contributed by atoms with van der Waals surface area (Å²) in [6, 6.07) is 14.6. The number of piperazine rings is 1. The summed E-state index contributed by atoms with van der Waals surface area (Å²) in [5.41, 5.74) is 2.27. The maximum Gasteiger partial charge on any atom is 0.345 e. The topological polar surface area (TPSA) is 97.3 Å². The van der Waals surface area contributed by atoms with Gasteiger partial charge in [0, 0.05) is 55.1 Å². The predicted octanol–water partition coefficient (Wildman–Crippen LogP) is 6.97. The number of hydrogen-bond donors (Lipinski definition) is 1. The van der Waals surface area contributed by atoms with E-state index in [1.54, 1.807) is 36.4 Å². The fourth-order valence-corrected chi connectivity index (χ4v) is 7.29. The van der Waals surface area contributed by atoms with Crippen LogP contribution in [0.2, 0.25) is 5.02 Å². The number of carbonyl (C=O) groups is 1. The molecule has 1 fully saturated rings. The molecule has 3 aromatic carbocycles. The van der Waals surface area contributed by atoms with Crippen molar-refractivity contribution in [3.8, 4) is 38.9 Å². The Labute approximate surface area is 291 Å². The molecule has 1 aliphatic rings. The highest BCUT2D eigenvalue weighted by Crippen LogP contribution is 2.50. The van der Waals surface area contributed by atoms with E-state index in [0.717, 1.165) is 50.1 Å². The molecule has 49 heavy (non-hydrogen) atoms. The number of likely N-dealkylation sites (N-methyl/N-ethyl adjacent to an activating group) is 1. The lowest BCUT2D eigenvalue weighted by atomic mass is 9.95. The zero-order valence-corrected chi connectivity index (χ0v) is 28.8. The summed E-state index contributed by atoms with van der Waals surface area (Å²) in [5, 5.41) is 10.9. The first-order valence-electron chi connectivity index (χ1n) is 15.7. The third kappa shape index (κ3) is 7.32. The van der Waals surface area contributed by atoms with Gasteiger partial charge in [0.15, 0.2) is 11.6 Å². The van der Waals surface area contributed by atoms with E-state index in [4.69, 9.17) is 25.8 Å². The lowest BCUT2D eigenvalue weighted by molar-refractivity contribution is -0.145. The maximum absolute atomic E-state index is 15.4. The third-order valence-corrected chi connectivity index (χ3v) is 10.3. The van der Waals surface area contributed by atoms with Crippen LogP contribution in [0.5, 0.6) is 17.4 Å². The Bertz CT molecular complexity index is 1990. The van der Waals surface area contributed by atoms with Crippen molar-refractivity contribution in [3.63, 3.8) is 0 Å². The van der Waals surface area contributed by atoms with Gasteiger partial charge in [0.1, 0.15) is 29.3 Å². The molecule has 0 unspecified atom stereocenters. The Morgan fingerprint density at radius 2 is 1.80 bits per heavy atom. The number of carboxylic acids is 1.